The molecule has 0 spiro atoms. The van der Waals surface area contributed by atoms with E-state index in [4.69, 9.17) is 4.74 Å². The van der Waals surface area contributed by atoms with Crippen molar-refractivity contribution in [2.75, 3.05) is 13.7 Å². The zero-order valence-corrected chi connectivity index (χ0v) is 13.5. The van der Waals surface area contributed by atoms with Crippen molar-refractivity contribution in [3.63, 3.8) is 0 Å². The summed E-state index contributed by atoms with van der Waals surface area (Å²) in [5.74, 6) is 0.800. The molecule has 1 N–H and O–H groups in total. The molecule has 0 fully saturated rings. The quantitative estimate of drug-likeness (QED) is 0.887. The Morgan fingerprint density at radius 3 is 2.71 bits per heavy atom. The van der Waals surface area contributed by atoms with Crippen LogP contribution in [0.3, 0.4) is 0 Å². The molecule has 2 aromatic heterocycles. The van der Waals surface area contributed by atoms with Gasteiger partial charge in [0.25, 0.3) is 0 Å². The molecular weight excluding hydrogens is 264 g/mol. The minimum absolute atomic E-state index is 0.00481. The van der Waals surface area contributed by atoms with Gasteiger partial charge in [-0.25, -0.2) is 0 Å². The molecule has 0 bridgehead atoms. The molecule has 0 aliphatic rings. The standard InChI is InChI=1S/C16H24N4O/c1-6-9-17-16(14-11(2)19-20(4)12(14)3)15-13(21-5)8-7-10-18-15/h7-8,10,16-17H,6,9H2,1-5H3. The molecule has 0 aromatic carbocycles. The Hall–Kier alpha value is -1.88. The van der Waals surface area contributed by atoms with Crippen LogP contribution < -0.4 is 10.1 Å². The third-order valence-electron chi connectivity index (χ3n) is 3.75. The summed E-state index contributed by atoms with van der Waals surface area (Å²) in [7, 11) is 3.65. The summed E-state index contributed by atoms with van der Waals surface area (Å²) in [5, 5.41) is 8.10. The Kier molecular flexibility index (Phi) is 4.96. The van der Waals surface area contributed by atoms with Crippen LogP contribution in [0.1, 0.15) is 42.0 Å². The van der Waals surface area contributed by atoms with Crippen molar-refractivity contribution in [3.8, 4) is 5.75 Å². The Morgan fingerprint density at radius 1 is 1.38 bits per heavy atom. The summed E-state index contributed by atoms with van der Waals surface area (Å²) < 4.78 is 7.40. The molecule has 0 amide bonds. The number of methoxy groups -OCH3 is 1. The first-order valence-corrected chi connectivity index (χ1v) is 7.32. The third-order valence-corrected chi connectivity index (χ3v) is 3.75. The number of pyridine rings is 1. The van der Waals surface area contributed by atoms with Crippen LogP contribution in [-0.2, 0) is 7.05 Å². The number of aryl methyl sites for hydroxylation is 2. The van der Waals surface area contributed by atoms with Gasteiger partial charge in [-0.3, -0.25) is 9.67 Å². The third kappa shape index (κ3) is 3.08. The van der Waals surface area contributed by atoms with Crippen LogP contribution in [0.5, 0.6) is 5.75 Å². The number of hydrogen-bond donors (Lipinski definition) is 1. The van der Waals surface area contributed by atoms with Crippen molar-refractivity contribution < 1.29 is 4.74 Å². The monoisotopic (exact) mass is 288 g/mol. The number of rotatable bonds is 6. The summed E-state index contributed by atoms with van der Waals surface area (Å²) >= 11 is 0. The Balaban J connectivity index is 2.52. The van der Waals surface area contributed by atoms with E-state index in [1.54, 1.807) is 13.3 Å². The zero-order valence-electron chi connectivity index (χ0n) is 13.5. The van der Waals surface area contributed by atoms with Crippen molar-refractivity contribution in [2.24, 2.45) is 7.05 Å². The second-order valence-corrected chi connectivity index (χ2v) is 5.19. The average molecular weight is 288 g/mol. The van der Waals surface area contributed by atoms with Crippen LogP contribution in [0.4, 0.5) is 0 Å². The fraction of sp³-hybridized carbons (Fsp3) is 0.500. The van der Waals surface area contributed by atoms with E-state index in [1.165, 1.54) is 5.56 Å². The highest BCUT2D eigenvalue weighted by Crippen LogP contribution is 2.31. The van der Waals surface area contributed by atoms with Gasteiger partial charge in [-0.1, -0.05) is 6.92 Å². The molecular formula is C16H24N4O. The maximum Gasteiger partial charge on any atom is 0.142 e. The van der Waals surface area contributed by atoms with Gasteiger partial charge in [0.1, 0.15) is 11.4 Å². The van der Waals surface area contributed by atoms with Crippen LogP contribution in [0.15, 0.2) is 18.3 Å². The maximum atomic E-state index is 5.48. The SMILES string of the molecule is CCCNC(c1ncccc1OC)c1c(C)nn(C)c1C. The van der Waals surface area contributed by atoms with Gasteiger partial charge in [0.2, 0.25) is 0 Å². The van der Waals surface area contributed by atoms with Crippen molar-refractivity contribution in [1.82, 2.24) is 20.1 Å². The smallest absolute Gasteiger partial charge is 0.142 e. The Bertz CT molecular complexity index is 606. The largest absolute Gasteiger partial charge is 0.495 e. The number of ether oxygens (including phenoxy) is 1. The lowest BCUT2D eigenvalue weighted by Gasteiger charge is -2.21. The first-order chi connectivity index (χ1) is 10.1. The highest BCUT2D eigenvalue weighted by molar-refractivity contribution is 5.40. The van der Waals surface area contributed by atoms with E-state index in [-0.39, 0.29) is 6.04 Å². The molecule has 2 heterocycles. The number of hydrogen-bond acceptors (Lipinski definition) is 4. The van der Waals surface area contributed by atoms with Crippen molar-refractivity contribution in [2.45, 2.75) is 33.2 Å². The predicted octanol–water partition coefficient (Wildman–Crippen LogP) is 2.53. The van der Waals surface area contributed by atoms with Gasteiger partial charge in [-0.2, -0.15) is 5.10 Å². The molecule has 1 unspecified atom stereocenters. The first kappa shape index (κ1) is 15.5. The summed E-state index contributed by atoms with van der Waals surface area (Å²) in [6, 6.07) is 3.83. The van der Waals surface area contributed by atoms with Crippen LogP contribution in [0.2, 0.25) is 0 Å². The van der Waals surface area contributed by atoms with E-state index in [0.29, 0.717) is 0 Å². The predicted molar refractivity (Wildman–Crippen MR) is 83.6 cm³/mol. The lowest BCUT2D eigenvalue weighted by atomic mass is 10.00. The van der Waals surface area contributed by atoms with Crippen LogP contribution in [0.25, 0.3) is 0 Å². The lowest BCUT2D eigenvalue weighted by Crippen LogP contribution is -2.25. The van der Waals surface area contributed by atoms with E-state index in [9.17, 15) is 0 Å². The first-order valence-electron chi connectivity index (χ1n) is 7.32. The fourth-order valence-corrected chi connectivity index (χ4v) is 2.62. The number of nitrogens with one attached hydrogen (secondary N) is 1. The van der Waals surface area contributed by atoms with Crippen LogP contribution in [-0.4, -0.2) is 28.4 Å². The van der Waals surface area contributed by atoms with Gasteiger partial charge in [0.15, 0.2) is 0 Å². The van der Waals surface area contributed by atoms with E-state index >= 15 is 0 Å². The van der Waals surface area contributed by atoms with E-state index in [0.717, 1.165) is 35.8 Å². The Morgan fingerprint density at radius 2 is 2.14 bits per heavy atom. The molecule has 2 aromatic rings. The van der Waals surface area contributed by atoms with Gasteiger partial charge in [0, 0.05) is 24.5 Å². The van der Waals surface area contributed by atoms with Gasteiger partial charge in [0.05, 0.1) is 18.8 Å². The molecule has 5 nitrogen and oxygen atoms in total. The molecule has 114 valence electrons. The van der Waals surface area contributed by atoms with Crippen molar-refractivity contribution in [1.29, 1.82) is 0 Å². The normalized spacial score (nSPS) is 12.4. The van der Waals surface area contributed by atoms with Crippen molar-refractivity contribution in [3.05, 3.63) is 41.0 Å². The van der Waals surface area contributed by atoms with Crippen LogP contribution in [0, 0.1) is 13.8 Å². The molecule has 0 saturated carbocycles. The van der Waals surface area contributed by atoms with Gasteiger partial charge in [-0.15, -0.1) is 0 Å². The van der Waals surface area contributed by atoms with E-state index in [1.807, 2.05) is 30.8 Å². The average Bonchev–Trinajstić information content (AvgIpc) is 2.74. The molecule has 5 heteroatoms. The van der Waals surface area contributed by atoms with Gasteiger partial charge >= 0.3 is 0 Å². The number of aromatic nitrogens is 3. The maximum absolute atomic E-state index is 5.48. The Labute approximate surface area is 126 Å². The second-order valence-electron chi connectivity index (χ2n) is 5.19. The molecule has 0 aliphatic heterocycles. The summed E-state index contributed by atoms with van der Waals surface area (Å²) in [6.07, 6.45) is 2.86. The topological polar surface area (TPSA) is 52.0 Å². The van der Waals surface area contributed by atoms with Gasteiger partial charge < -0.3 is 10.1 Å². The molecule has 1 atom stereocenters. The summed E-state index contributed by atoms with van der Waals surface area (Å²) in [6.45, 7) is 7.20. The van der Waals surface area contributed by atoms with Crippen molar-refractivity contribution >= 4 is 0 Å². The number of nitrogens with zero attached hydrogens (tertiary/aromatic N) is 3. The van der Waals surface area contributed by atoms with Crippen LogP contribution >= 0.6 is 0 Å². The minimum atomic E-state index is -0.00481. The molecule has 2 rings (SSSR count). The molecule has 0 aliphatic carbocycles. The lowest BCUT2D eigenvalue weighted by molar-refractivity contribution is 0.399. The van der Waals surface area contributed by atoms with Gasteiger partial charge in [-0.05, 0) is 38.9 Å². The second kappa shape index (κ2) is 6.72. The summed E-state index contributed by atoms with van der Waals surface area (Å²) in [4.78, 5) is 4.55. The summed E-state index contributed by atoms with van der Waals surface area (Å²) in [5.41, 5.74) is 4.26. The van der Waals surface area contributed by atoms with E-state index in [2.05, 4.69) is 29.2 Å². The molecule has 0 saturated heterocycles. The minimum Gasteiger partial charge on any atom is -0.495 e. The molecule has 21 heavy (non-hydrogen) atoms. The fourth-order valence-electron chi connectivity index (χ4n) is 2.62. The van der Waals surface area contributed by atoms with E-state index < -0.39 is 0 Å². The zero-order chi connectivity index (χ0) is 15.4. The highest BCUT2D eigenvalue weighted by atomic mass is 16.5. The highest BCUT2D eigenvalue weighted by Gasteiger charge is 2.25. The molecule has 0 radical (unpaired) electrons.